The molecule has 0 radical (unpaired) electrons. The number of halogens is 5. The number of hydrogen-bond donors (Lipinski definition) is 0. The van der Waals surface area contributed by atoms with Crippen molar-refractivity contribution < 1.29 is 18.0 Å². The zero-order valence-corrected chi connectivity index (χ0v) is 18.7. The van der Waals surface area contributed by atoms with E-state index in [1.807, 2.05) is 13.8 Å². The molecule has 8 heteroatoms. The second-order valence-corrected chi connectivity index (χ2v) is 8.99. The van der Waals surface area contributed by atoms with Gasteiger partial charge in [-0.25, -0.2) is 4.79 Å². The fourth-order valence-corrected chi connectivity index (χ4v) is 4.49. The number of alkyl halides is 3. The highest BCUT2D eigenvalue weighted by Gasteiger charge is 2.53. The average Bonchev–Trinajstić information content (AvgIpc) is 2.94. The van der Waals surface area contributed by atoms with Crippen molar-refractivity contribution in [1.29, 1.82) is 0 Å². The molecule has 1 atom stereocenters. The molecule has 4 rings (SSSR count). The van der Waals surface area contributed by atoms with Crippen molar-refractivity contribution in [1.82, 2.24) is 0 Å². The van der Waals surface area contributed by atoms with E-state index in [1.165, 1.54) is 11.0 Å². The first kappa shape index (κ1) is 22.5. The van der Waals surface area contributed by atoms with Crippen molar-refractivity contribution in [3.63, 3.8) is 0 Å². The maximum absolute atomic E-state index is 13.7. The monoisotopic (exact) mass is 478 g/mol. The van der Waals surface area contributed by atoms with Crippen molar-refractivity contribution in [2.45, 2.75) is 31.6 Å². The second kappa shape index (κ2) is 8.01. The van der Waals surface area contributed by atoms with Gasteiger partial charge in [-0.15, -0.1) is 0 Å². The summed E-state index contributed by atoms with van der Waals surface area (Å²) < 4.78 is 40.3. The van der Waals surface area contributed by atoms with Gasteiger partial charge in [0.1, 0.15) is 0 Å². The molecule has 0 spiro atoms. The van der Waals surface area contributed by atoms with E-state index in [0.29, 0.717) is 27.0 Å². The van der Waals surface area contributed by atoms with E-state index >= 15 is 0 Å². The quantitative estimate of drug-likeness (QED) is 0.374. The molecular formula is C24H19Cl2F3N2O. The van der Waals surface area contributed by atoms with Gasteiger partial charge in [0.25, 0.3) is 0 Å². The molecule has 3 nitrogen and oxygen atoms in total. The number of anilines is 2. The van der Waals surface area contributed by atoms with Crippen LogP contribution >= 0.6 is 23.2 Å². The first-order valence-corrected chi connectivity index (χ1v) is 10.6. The normalized spacial score (nSPS) is 18.3. The molecular weight excluding hydrogens is 460 g/mol. The zero-order valence-electron chi connectivity index (χ0n) is 17.2. The number of nitrogens with zero attached hydrogens (tertiary/aromatic N) is 2. The minimum Gasteiger partial charge on any atom is -0.286 e. The van der Waals surface area contributed by atoms with Crippen LogP contribution in [0.2, 0.25) is 10.0 Å². The van der Waals surface area contributed by atoms with Crippen molar-refractivity contribution >= 4 is 40.6 Å². The Morgan fingerprint density at radius 3 is 1.91 bits per heavy atom. The Bertz CT molecular complexity index is 1150. The van der Waals surface area contributed by atoms with Crippen LogP contribution in [0, 0.1) is 0 Å². The molecule has 0 aromatic heterocycles. The first-order valence-electron chi connectivity index (χ1n) is 9.82. The average molecular weight is 479 g/mol. The highest BCUT2D eigenvalue weighted by Crippen LogP contribution is 2.48. The van der Waals surface area contributed by atoms with Crippen molar-refractivity contribution in [3.05, 3.63) is 94.0 Å². The van der Waals surface area contributed by atoms with Gasteiger partial charge in [-0.05, 0) is 80.1 Å². The highest BCUT2D eigenvalue weighted by atomic mass is 35.5. The Labute approximate surface area is 194 Å². The fraction of sp³-hybridized carbons (Fsp3) is 0.208. The van der Waals surface area contributed by atoms with Crippen LogP contribution in [0.1, 0.15) is 31.0 Å². The van der Waals surface area contributed by atoms with Gasteiger partial charge in [0.15, 0.2) is 0 Å². The molecule has 0 aliphatic carbocycles. The number of carbonyl (C=O) groups excluding carboxylic acids is 1. The number of carbonyl (C=O) groups is 1. The van der Waals surface area contributed by atoms with Crippen LogP contribution in [-0.4, -0.2) is 11.6 Å². The number of amides is 2. The molecule has 1 heterocycles. The third-order valence-electron chi connectivity index (χ3n) is 5.62. The maximum atomic E-state index is 13.7. The van der Waals surface area contributed by atoms with Crippen LogP contribution in [-0.2, 0) is 6.18 Å². The van der Waals surface area contributed by atoms with Crippen LogP contribution < -0.4 is 9.80 Å². The molecule has 3 aromatic carbocycles. The summed E-state index contributed by atoms with van der Waals surface area (Å²) in [5, 5.41) is 1.01. The maximum Gasteiger partial charge on any atom is 0.416 e. The van der Waals surface area contributed by atoms with Crippen LogP contribution in [0.15, 0.2) is 72.8 Å². The zero-order chi connectivity index (χ0) is 23.3. The number of hydrogen-bond acceptors (Lipinski definition) is 1. The van der Waals surface area contributed by atoms with Gasteiger partial charge in [-0.3, -0.25) is 9.80 Å². The summed E-state index contributed by atoms with van der Waals surface area (Å²) in [7, 11) is 0. The highest BCUT2D eigenvalue weighted by molar-refractivity contribution is 6.31. The third-order valence-corrected chi connectivity index (χ3v) is 6.12. The van der Waals surface area contributed by atoms with Crippen LogP contribution in [0.25, 0.3) is 0 Å². The summed E-state index contributed by atoms with van der Waals surface area (Å²) >= 11 is 12.0. The number of urea groups is 1. The van der Waals surface area contributed by atoms with Gasteiger partial charge in [-0.2, -0.15) is 13.2 Å². The van der Waals surface area contributed by atoms with Gasteiger partial charge in [0.05, 0.1) is 17.1 Å². The Morgan fingerprint density at radius 2 is 1.38 bits per heavy atom. The van der Waals surface area contributed by atoms with Gasteiger partial charge in [-0.1, -0.05) is 35.3 Å². The van der Waals surface area contributed by atoms with Gasteiger partial charge >= 0.3 is 12.2 Å². The van der Waals surface area contributed by atoms with E-state index in [1.54, 1.807) is 59.5 Å². The lowest BCUT2D eigenvalue weighted by atomic mass is 9.87. The van der Waals surface area contributed by atoms with E-state index in [2.05, 4.69) is 0 Å². The lowest BCUT2D eigenvalue weighted by Crippen LogP contribution is -2.43. The first-order chi connectivity index (χ1) is 15.0. The minimum atomic E-state index is -4.50. The predicted molar refractivity (Wildman–Crippen MR) is 122 cm³/mol. The molecule has 166 valence electrons. The minimum absolute atomic E-state index is 0.359. The molecule has 1 saturated heterocycles. The standard InChI is InChI=1S/C24H19Cl2F3N2O/c1-23(2)21(15-4-3-5-16(14-15)24(27,28)29)30(19-10-6-17(25)7-11-19)22(32)31(23)20-12-8-18(26)9-13-20/h3-14,21H,1-2H3. The Balaban J connectivity index is 1.90. The molecule has 2 amide bonds. The van der Waals surface area contributed by atoms with E-state index < -0.39 is 23.3 Å². The molecule has 1 aliphatic heterocycles. The van der Waals surface area contributed by atoms with E-state index in [0.717, 1.165) is 12.1 Å². The molecule has 0 saturated carbocycles. The van der Waals surface area contributed by atoms with E-state index in [4.69, 9.17) is 23.2 Å². The molecule has 0 N–H and O–H groups in total. The summed E-state index contributed by atoms with van der Waals surface area (Å²) in [4.78, 5) is 16.8. The largest absolute Gasteiger partial charge is 0.416 e. The van der Waals surface area contributed by atoms with Crippen molar-refractivity contribution in [2.24, 2.45) is 0 Å². The SMILES string of the molecule is CC1(C)C(c2cccc(C(F)(F)F)c2)N(c2ccc(Cl)cc2)C(=O)N1c1ccc(Cl)cc1. The van der Waals surface area contributed by atoms with E-state index in [9.17, 15) is 18.0 Å². The van der Waals surface area contributed by atoms with Gasteiger partial charge < -0.3 is 0 Å². The number of rotatable bonds is 3. The van der Waals surface area contributed by atoms with Gasteiger partial charge in [0, 0.05) is 21.4 Å². The van der Waals surface area contributed by atoms with Gasteiger partial charge in [0.2, 0.25) is 0 Å². The summed E-state index contributed by atoms with van der Waals surface area (Å²) in [6, 6.07) is 17.5. The molecule has 3 aromatic rings. The molecule has 32 heavy (non-hydrogen) atoms. The summed E-state index contributed by atoms with van der Waals surface area (Å²) in [6.07, 6.45) is -4.50. The molecule has 1 fully saturated rings. The molecule has 1 unspecified atom stereocenters. The Morgan fingerprint density at radius 1 is 0.844 bits per heavy atom. The topological polar surface area (TPSA) is 23.6 Å². The summed E-state index contributed by atoms with van der Waals surface area (Å²) in [5.41, 5.74) is -0.151. The summed E-state index contributed by atoms with van der Waals surface area (Å²) in [6.45, 7) is 3.67. The third kappa shape index (κ3) is 3.93. The molecule has 1 aliphatic rings. The summed E-state index contributed by atoms with van der Waals surface area (Å²) in [5.74, 6) is 0. The predicted octanol–water partition coefficient (Wildman–Crippen LogP) is 7.98. The van der Waals surface area contributed by atoms with Crippen LogP contribution in [0.3, 0.4) is 0 Å². The lowest BCUT2D eigenvalue weighted by molar-refractivity contribution is -0.137. The Hall–Kier alpha value is -2.70. The smallest absolute Gasteiger partial charge is 0.286 e. The van der Waals surface area contributed by atoms with Crippen molar-refractivity contribution in [3.8, 4) is 0 Å². The fourth-order valence-electron chi connectivity index (χ4n) is 4.24. The lowest BCUT2D eigenvalue weighted by Gasteiger charge is -2.35. The second-order valence-electron chi connectivity index (χ2n) is 8.12. The van der Waals surface area contributed by atoms with Crippen molar-refractivity contribution in [2.75, 3.05) is 9.80 Å². The molecule has 0 bridgehead atoms. The van der Waals surface area contributed by atoms with E-state index in [-0.39, 0.29) is 6.03 Å². The van der Waals surface area contributed by atoms with Crippen LogP contribution in [0.4, 0.5) is 29.3 Å². The Kier molecular flexibility index (Phi) is 5.63. The number of benzene rings is 3. The van der Waals surface area contributed by atoms with Crippen LogP contribution in [0.5, 0.6) is 0 Å².